The summed E-state index contributed by atoms with van der Waals surface area (Å²) >= 11 is 0. The summed E-state index contributed by atoms with van der Waals surface area (Å²) in [7, 11) is 0. The third-order valence-electron chi connectivity index (χ3n) is 3.82. The van der Waals surface area contributed by atoms with E-state index in [2.05, 4.69) is 58.0 Å². The first-order valence-corrected chi connectivity index (χ1v) is 6.25. The lowest BCUT2D eigenvalue weighted by molar-refractivity contribution is 0.204. The van der Waals surface area contributed by atoms with Crippen LogP contribution in [0.25, 0.3) is 0 Å². The molecule has 1 atom stereocenters. The van der Waals surface area contributed by atoms with Crippen LogP contribution in [0.2, 0.25) is 0 Å². The van der Waals surface area contributed by atoms with Gasteiger partial charge in [0.25, 0.3) is 0 Å². The van der Waals surface area contributed by atoms with Crippen molar-refractivity contribution in [1.82, 2.24) is 0 Å². The summed E-state index contributed by atoms with van der Waals surface area (Å²) in [5, 5.41) is 9.09. The van der Waals surface area contributed by atoms with Crippen LogP contribution in [-0.4, -0.2) is 0 Å². The Morgan fingerprint density at radius 2 is 1.65 bits per heavy atom. The van der Waals surface area contributed by atoms with Gasteiger partial charge in [-0.15, -0.1) is 0 Å². The molecule has 0 N–H and O–H groups in total. The maximum absolute atomic E-state index is 9.09. The Morgan fingerprint density at radius 1 is 1.12 bits per heavy atom. The molecule has 0 saturated carbocycles. The maximum Gasteiger partial charge on any atom is 0.0658 e. The highest BCUT2D eigenvalue weighted by Crippen LogP contribution is 2.40. The van der Waals surface area contributed by atoms with E-state index in [0.29, 0.717) is 0 Å². The molecule has 0 aliphatic carbocycles. The predicted octanol–water partition coefficient (Wildman–Crippen LogP) is 4.54. The summed E-state index contributed by atoms with van der Waals surface area (Å²) in [5.74, 6) is 0.0745. The fraction of sp³-hybridized carbons (Fsp3) is 0.562. The topological polar surface area (TPSA) is 23.8 Å². The van der Waals surface area contributed by atoms with Crippen molar-refractivity contribution in [2.24, 2.45) is 11.3 Å². The van der Waals surface area contributed by atoms with Gasteiger partial charge < -0.3 is 0 Å². The highest BCUT2D eigenvalue weighted by molar-refractivity contribution is 5.24. The molecule has 0 aliphatic heterocycles. The molecule has 0 amide bonds. The van der Waals surface area contributed by atoms with Crippen LogP contribution in [0.5, 0.6) is 0 Å². The zero-order chi connectivity index (χ0) is 13.1. The molecule has 0 spiro atoms. The fourth-order valence-corrected chi connectivity index (χ4v) is 2.46. The van der Waals surface area contributed by atoms with Crippen molar-refractivity contribution in [3.05, 3.63) is 35.9 Å². The van der Waals surface area contributed by atoms with Crippen LogP contribution in [0, 0.1) is 22.7 Å². The van der Waals surface area contributed by atoms with E-state index in [9.17, 15) is 0 Å². The minimum atomic E-state index is 0.0358. The zero-order valence-corrected chi connectivity index (χ0v) is 11.6. The van der Waals surface area contributed by atoms with Crippen LogP contribution in [0.15, 0.2) is 30.3 Å². The quantitative estimate of drug-likeness (QED) is 0.743. The van der Waals surface area contributed by atoms with E-state index in [1.807, 2.05) is 13.0 Å². The summed E-state index contributed by atoms with van der Waals surface area (Å²) in [6.07, 6.45) is 1.01. The fourth-order valence-electron chi connectivity index (χ4n) is 2.46. The monoisotopic (exact) mass is 229 g/mol. The molecular weight excluding hydrogens is 206 g/mol. The van der Waals surface area contributed by atoms with Crippen molar-refractivity contribution in [2.45, 2.75) is 46.5 Å². The number of benzene rings is 1. The van der Waals surface area contributed by atoms with Crippen molar-refractivity contribution in [3.63, 3.8) is 0 Å². The SMILES string of the molecule is CC(C#N)C(C)(C)CC(C)(C)c1ccccc1. The summed E-state index contributed by atoms with van der Waals surface area (Å²) in [5.41, 5.74) is 1.49. The van der Waals surface area contributed by atoms with Crippen molar-refractivity contribution in [3.8, 4) is 6.07 Å². The minimum absolute atomic E-state index is 0.0358. The molecule has 0 heterocycles. The van der Waals surface area contributed by atoms with Gasteiger partial charge in [-0.1, -0.05) is 58.0 Å². The molecule has 1 aromatic rings. The standard InChI is InChI=1S/C16H23N/c1-13(11-17)15(2,3)12-16(4,5)14-9-7-6-8-10-14/h6-10,13H,12H2,1-5H3. The molecule has 92 valence electrons. The second-order valence-electron chi connectivity index (χ2n) is 6.27. The number of rotatable bonds is 4. The van der Waals surface area contributed by atoms with Gasteiger partial charge in [0.05, 0.1) is 6.07 Å². The van der Waals surface area contributed by atoms with Gasteiger partial charge in [-0.05, 0) is 29.7 Å². The Balaban J connectivity index is 2.91. The third-order valence-corrected chi connectivity index (χ3v) is 3.82. The van der Waals surface area contributed by atoms with E-state index in [1.54, 1.807) is 0 Å². The van der Waals surface area contributed by atoms with Crippen molar-refractivity contribution < 1.29 is 0 Å². The van der Waals surface area contributed by atoms with Crippen LogP contribution in [0.3, 0.4) is 0 Å². The largest absolute Gasteiger partial charge is 0.198 e. The lowest BCUT2D eigenvalue weighted by Crippen LogP contribution is -2.30. The van der Waals surface area contributed by atoms with Gasteiger partial charge in [-0.25, -0.2) is 0 Å². The Bertz CT molecular complexity index is 395. The molecule has 1 unspecified atom stereocenters. The third kappa shape index (κ3) is 3.33. The molecule has 0 aromatic heterocycles. The summed E-state index contributed by atoms with van der Waals surface area (Å²) in [4.78, 5) is 0. The smallest absolute Gasteiger partial charge is 0.0658 e. The molecule has 0 radical (unpaired) electrons. The zero-order valence-electron chi connectivity index (χ0n) is 11.6. The van der Waals surface area contributed by atoms with E-state index in [1.165, 1.54) is 5.56 Å². The van der Waals surface area contributed by atoms with Gasteiger partial charge in [0.15, 0.2) is 0 Å². The van der Waals surface area contributed by atoms with Crippen LogP contribution < -0.4 is 0 Å². The van der Waals surface area contributed by atoms with Gasteiger partial charge >= 0.3 is 0 Å². The number of hydrogen-bond acceptors (Lipinski definition) is 1. The Kier molecular flexibility index (Phi) is 3.98. The van der Waals surface area contributed by atoms with Gasteiger partial charge in [0.2, 0.25) is 0 Å². The van der Waals surface area contributed by atoms with Crippen molar-refractivity contribution >= 4 is 0 Å². The summed E-state index contributed by atoms with van der Waals surface area (Å²) in [6, 6.07) is 12.9. The minimum Gasteiger partial charge on any atom is -0.198 e. The first-order valence-electron chi connectivity index (χ1n) is 6.25. The molecular formula is C16H23N. The average Bonchev–Trinajstić information content (AvgIpc) is 2.27. The van der Waals surface area contributed by atoms with Gasteiger partial charge in [0.1, 0.15) is 0 Å². The highest BCUT2D eigenvalue weighted by atomic mass is 14.4. The van der Waals surface area contributed by atoms with E-state index >= 15 is 0 Å². The Morgan fingerprint density at radius 3 is 2.12 bits per heavy atom. The van der Waals surface area contributed by atoms with Gasteiger partial charge in [-0.3, -0.25) is 0 Å². The predicted molar refractivity (Wildman–Crippen MR) is 72.6 cm³/mol. The normalized spacial score (nSPS) is 14.1. The number of hydrogen-bond donors (Lipinski definition) is 0. The molecule has 1 aromatic carbocycles. The summed E-state index contributed by atoms with van der Waals surface area (Å²) in [6.45, 7) is 10.9. The van der Waals surface area contributed by atoms with Gasteiger partial charge in [0, 0.05) is 5.92 Å². The molecule has 1 rings (SSSR count). The Labute approximate surface area is 105 Å². The van der Waals surface area contributed by atoms with Crippen LogP contribution in [-0.2, 0) is 5.41 Å². The molecule has 1 heteroatoms. The van der Waals surface area contributed by atoms with Gasteiger partial charge in [-0.2, -0.15) is 5.26 Å². The molecule has 17 heavy (non-hydrogen) atoms. The maximum atomic E-state index is 9.09. The second-order valence-corrected chi connectivity index (χ2v) is 6.27. The molecule has 1 nitrogen and oxygen atoms in total. The lowest BCUT2D eigenvalue weighted by Gasteiger charge is -2.37. The number of nitriles is 1. The van der Waals surface area contributed by atoms with Crippen LogP contribution >= 0.6 is 0 Å². The summed E-state index contributed by atoms with van der Waals surface area (Å²) < 4.78 is 0. The van der Waals surface area contributed by atoms with Crippen molar-refractivity contribution in [1.29, 1.82) is 5.26 Å². The first-order chi connectivity index (χ1) is 7.79. The van der Waals surface area contributed by atoms with Crippen LogP contribution in [0.1, 0.15) is 46.6 Å². The molecule has 0 bridgehead atoms. The van der Waals surface area contributed by atoms with E-state index < -0.39 is 0 Å². The number of nitrogens with zero attached hydrogens (tertiary/aromatic N) is 1. The molecule has 0 fully saturated rings. The van der Waals surface area contributed by atoms with E-state index in [0.717, 1.165) is 6.42 Å². The van der Waals surface area contributed by atoms with E-state index in [4.69, 9.17) is 5.26 Å². The molecule has 0 saturated heterocycles. The second kappa shape index (κ2) is 4.92. The first kappa shape index (κ1) is 13.8. The lowest BCUT2D eigenvalue weighted by atomic mass is 9.67. The van der Waals surface area contributed by atoms with E-state index in [-0.39, 0.29) is 16.7 Å². The van der Waals surface area contributed by atoms with Crippen LogP contribution in [0.4, 0.5) is 0 Å². The highest BCUT2D eigenvalue weighted by Gasteiger charge is 2.34. The Hall–Kier alpha value is -1.29. The van der Waals surface area contributed by atoms with Crippen molar-refractivity contribution in [2.75, 3.05) is 0 Å². The molecule has 0 aliphatic rings. The average molecular weight is 229 g/mol.